The summed E-state index contributed by atoms with van der Waals surface area (Å²) in [5.74, 6) is 0.360. The van der Waals surface area contributed by atoms with Crippen LogP contribution < -0.4 is 10.1 Å². The Kier molecular flexibility index (Phi) is 5.27. The molecule has 1 heterocycles. The molecule has 2 aromatic rings. The number of hydrogen-bond donors (Lipinski definition) is 1. The number of carbonyl (C=O) groups is 1. The van der Waals surface area contributed by atoms with Crippen LogP contribution in [0.15, 0.2) is 28.7 Å². The Morgan fingerprint density at radius 2 is 2.15 bits per heavy atom. The van der Waals surface area contributed by atoms with E-state index in [0.717, 1.165) is 12.8 Å². The van der Waals surface area contributed by atoms with E-state index in [2.05, 4.69) is 26.3 Å². The lowest BCUT2D eigenvalue weighted by atomic mass is 10.2. The van der Waals surface area contributed by atoms with Gasteiger partial charge in [-0.1, -0.05) is 6.07 Å². The van der Waals surface area contributed by atoms with Crippen LogP contribution >= 0.6 is 15.9 Å². The average Bonchev–Trinajstić information content (AvgIpc) is 3.35. The van der Waals surface area contributed by atoms with Crippen LogP contribution in [-0.4, -0.2) is 22.8 Å². The largest absolute Gasteiger partial charge is 0.497 e. The number of rotatable bonds is 6. The molecule has 0 saturated heterocycles. The molecule has 3 rings (SSSR count). The molecule has 1 aromatic carbocycles. The van der Waals surface area contributed by atoms with Crippen LogP contribution in [0.25, 0.3) is 0 Å². The lowest BCUT2D eigenvalue weighted by Gasteiger charge is -2.09. The molecule has 0 radical (unpaired) electrons. The van der Waals surface area contributed by atoms with Crippen LogP contribution in [-0.2, 0) is 17.5 Å². The molecule has 0 bridgehead atoms. The Morgan fingerprint density at radius 3 is 2.77 bits per heavy atom. The molecule has 0 unspecified atom stereocenters. The van der Waals surface area contributed by atoms with Crippen molar-refractivity contribution in [1.82, 2.24) is 9.78 Å². The Morgan fingerprint density at radius 1 is 1.42 bits per heavy atom. The van der Waals surface area contributed by atoms with Gasteiger partial charge in [0, 0.05) is 24.1 Å². The number of benzene rings is 1. The first kappa shape index (κ1) is 18.8. The monoisotopic (exact) mass is 431 g/mol. The molecule has 0 atom stereocenters. The van der Waals surface area contributed by atoms with Crippen LogP contribution in [0.5, 0.6) is 5.75 Å². The Bertz CT molecular complexity index is 816. The molecule has 1 fully saturated rings. The third kappa shape index (κ3) is 4.20. The number of aryl methyl sites for hydroxylation is 1. The number of alkyl halides is 3. The molecule has 0 spiro atoms. The smallest absolute Gasteiger partial charge is 0.436 e. The van der Waals surface area contributed by atoms with Gasteiger partial charge in [0.25, 0.3) is 0 Å². The predicted octanol–water partition coefficient (Wildman–Crippen LogP) is 4.58. The van der Waals surface area contributed by atoms with E-state index in [0.29, 0.717) is 17.1 Å². The number of hydrogen-bond acceptors (Lipinski definition) is 3. The van der Waals surface area contributed by atoms with E-state index >= 15 is 0 Å². The van der Waals surface area contributed by atoms with Crippen LogP contribution in [0, 0.1) is 0 Å². The minimum Gasteiger partial charge on any atom is -0.497 e. The Hall–Kier alpha value is -2.03. The Balaban J connectivity index is 1.70. The summed E-state index contributed by atoms with van der Waals surface area (Å²) in [6, 6.07) is 6.86. The molecule has 5 nitrogen and oxygen atoms in total. The fourth-order valence-corrected chi connectivity index (χ4v) is 3.52. The van der Waals surface area contributed by atoms with Crippen molar-refractivity contribution in [1.29, 1.82) is 0 Å². The number of methoxy groups -OCH3 is 1. The van der Waals surface area contributed by atoms with Crippen LogP contribution in [0.1, 0.15) is 36.6 Å². The SMILES string of the molecule is COc1cccc(NC(=O)CCn2nc(C(F)(F)F)c(Br)c2C2CC2)c1. The number of carbonyl (C=O) groups excluding carboxylic acids is 1. The van der Waals surface area contributed by atoms with Crippen molar-refractivity contribution in [2.45, 2.75) is 37.9 Å². The van der Waals surface area contributed by atoms with Crippen molar-refractivity contribution in [2.75, 3.05) is 12.4 Å². The van der Waals surface area contributed by atoms with Gasteiger partial charge in [-0.15, -0.1) is 0 Å². The maximum absolute atomic E-state index is 13.1. The number of halogens is 4. The number of aromatic nitrogens is 2. The summed E-state index contributed by atoms with van der Waals surface area (Å²) in [5.41, 5.74) is 0.147. The molecule has 26 heavy (non-hydrogen) atoms. The van der Waals surface area contributed by atoms with Gasteiger partial charge in [-0.05, 0) is 40.9 Å². The Labute approximate surface area is 156 Å². The first-order chi connectivity index (χ1) is 12.3. The van der Waals surface area contributed by atoms with Crippen LogP contribution in [0.2, 0.25) is 0 Å². The number of ether oxygens (including phenoxy) is 1. The maximum atomic E-state index is 13.1. The number of nitrogens with zero attached hydrogens (tertiary/aromatic N) is 2. The van der Waals surface area contributed by atoms with Gasteiger partial charge in [-0.2, -0.15) is 18.3 Å². The van der Waals surface area contributed by atoms with E-state index in [1.165, 1.54) is 11.8 Å². The lowest BCUT2D eigenvalue weighted by molar-refractivity contribution is -0.142. The van der Waals surface area contributed by atoms with E-state index in [1.807, 2.05) is 0 Å². The molecule has 1 amide bonds. The molecular weight excluding hydrogens is 415 g/mol. The van der Waals surface area contributed by atoms with Crippen molar-refractivity contribution in [3.63, 3.8) is 0 Å². The fourth-order valence-electron chi connectivity index (χ4n) is 2.68. The first-order valence-electron chi connectivity index (χ1n) is 8.07. The minimum absolute atomic E-state index is 0.0132. The molecule has 1 aliphatic rings. The van der Waals surface area contributed by atoms with Crippen LogP contribution in [0.3, 0.4) is 0 Å². The summed E-state index contributed by atoms with van der Waals surface area (Å²) < 4.78 is 45.6. The van der Waals surface area contributed by atoms with Crippen molar-refractivity contribution in [3.8, 4) is 5.75 Å². The molecule has 140 valence electrons. The van der Waals surface area contributed by atoms with Crippen molar-refractivity contribution >= 4 is 27.5 Å². The maximum Gasteiger partial charge on any atom is 0.436 e. The molecule has 9 heteroatoms. The third-order valence-electron chi connectivity index (χ3n) is 4.07. The summed E-state index contributed by atoms with van der Waals surface area (Å²) in [5, 5.41) is 6.40. The standard InChI is InChI=1S/C17H17BrF3N3O2/c1-26-12-4-2-3-11(9-12)22-13(25)7-8-24-15(10-5-6-10)14(18)16(23-24)17(19,20)21/h2-4,9-10H,5-8H2,1H3,(H,22,25). The summed E-state index contributed by atoms with van der Waals surface area (Å²) >= 11 is 3.04. The van der Waals surface area contributed by atoms with Gasteiger partial charge in [-0.3, -0.25) is 9.48 Å². The third-order valence-corrected chi connectivity index (χ3v) is 4.85. The molecule has 1 aliphatic carbocycles. The average molecular weight is 432 g/mol. The van der Waals surface area contributed by atoms with Gasteiger partial charge in [-0.25, -0.2) is 0 Å². The van der Waals surface area contributed by atoms with Crippen molar-refractivity contribution < 1.29 is 22.7 Å². The van der Waals surface area contributed by atoms with Gasteiger partial charge in [0.1, 0.15) is 5.75 Å². The summed E-state index contributed by atoms with van der Waals surface area (Å²) in [4.78, 5) is 12.1. The van der Waals surface area contributed by atoms with Crippen molar-refractivity contribution in [2.24, 2.45) is 0 Å². The molecular formula is C17H17BrF3N3O2. The normalized spacial score (nSPS) is 14.3. The summed E-state index contributed by atoms with van der Waals surface area (Å²) in [6.45, 7) is 0.0797. The van der Waals surface area contributed by atoms with E-state index in [9.17, 15) is 18.0 Å². The van der Waals surface area contributed by atoms with E-state index < -0.39 is 11.9 Å². The van der Waals surface area contributed by atoms with E-state index in [1.54, 1.807) is 24.3 Å². The highest BCUT2D eigenvalue weighted by Crippen LogP contribution is 2.47. The second kappa shape index (κ2) is 7.30. The number of anilines is 1. The quantitative estimate of drug-likeness (QED) is 0.727. The highest BCUT2D eigenvalue weighted by Gasteiger charge is 2.41. The van der Waals surface area contributed by atoms with Gasteiger partial charge in [0.2, 0.25) is 5.91 Å². The topological polar surface area (TPSA) is 56.1 Å². The minimum atomic E-state index is -4.53. The van der Waals surface area contributed by atoms with Gasteiger partial charge < -0.3 is 10.1 Å². The predicted molar refractivity (Wildman–Crippen MR) is 93.1 cm³/mol. The molecule has 1 saturated carbocycles. The van der Waals surface area contributed by atoms with Crippen molar-refractivity contribution in [3.05, 3.63) is 40.1 Å². The van der Waals surface area contributed by atoms with E-state index in [4.69, 9.17) is 4.74 Å². The summed E-state index contributed by atoms with van der Waals surface area (Å²) in [7, 11) is 1.52. The zero-order valence-corrected chi connectivity index (χ0v) is 15.5. The fraction of sp³-hybridized carbons (Fsp3) is 0.412. The first-order valence-corrected chi connectivity index (χ1v) is 8.86. The second-order valence-electron chi connectivity index (χ2n) is 6.07. The number of nitrogens with one attached hydrogen (secondary N) is 1. The van der Waals surface area contributed by atoms with Gasteiger partial charge >= 0.3 is 6.18 Å². The molecule has 1 aromatic heterocycles. The molecule has 1 N–H and O–H groups in total. The second-order valence-corrected chi connectivity index (χ2v) is 6.87. The lowest BCUT2D eigenvalue weighted by Crippen LogP contribution is -2.16. The zero-order chi connectivity index (χ0) is 18.9. The zero-order valence-electron chi connectivity index (χ0n) is 13.9. The highest BCUT2D eigenvalue weighted by atomic mass is 79.9. The van der Waals surface area contributed by atoms with Crippen LogP contribution in [0.4, 0.5) is 18.9 Å². The van der Waals surface area contributed by atoms with Gasteiger partial charge in [0.05, 0.1) is 23.8 Å². The molecule has 0 aliphatic heterocycles. The van der Waals surface area contributed by atoms with E-state index in [-0.39, 0.29) is 29.3 Å². The summed E-state index contributed by atoms with van der Waals surface area (Å²) in [6.07, 6.45) is -2.85. The van der Waals surface area contributed by atoms with Gasteiger partial charge in [0.15, 0.2) is 5.69 Å². The highest BCUT2D eigenvalue weighted by molar-refractivity contribution is 9.10. The number of amides is 1.